The molecule has 0 amide bonds. The summed E-state index contributed by atoms with van der Waals surface area (Å²) >= 11 is 0. The number of ether oxygens (including phenoxy) is 2. The van der Waals surface area contributed by atoms with Crippen LogP contribution in [0.15, 0.2) is 30.7 Å². The van der Waals surface area contributed by atoms with Crippen LogP contribution < -0.4 is 20.7 Å². The molecular weight excluding hydrogens is 334 g/mol. The molecule has 1 aromatic carbocycles. The van der Waals surface area contributed by atoms with Crippen molar-refractivity contribution in [2.45, 2.75) is 0 Å². The molecule has 0 atom stereocenters. The number of nitrogens with two attached hydrogens (primary N) is 1. The Morgan fingerprint density at radius 2 is 2.04 bits per heavy atom. The zero-order valence-corrected chi connectivity index (χ0v) is 14.3. The fourth-order valence-electron chi connectivity index (χ4n) is 2.86. The number of nitrogen functional groups attached to an aromatic ring is 1. The fraction of sp³-hybridized carbons (Fsp3) is 0.294. The molecule has 9 nitrogen and oxygen atoms in total. The van der Waals surface area contributed by atoms with Crippen molar-refractivity contribution in [1.82, 2.24) is 19.9 Å². The quantitative estimate of drug-likeness (QED) is 0.675. The van der Waals surface area contributed by atoms with Crippen molar-refractivity contribution < 1.29 is 9.47 Å². The highest BCUT2D eigenvalue weighted by Crippen LogP contribution is 2.30. The molecule has 0 unspecified atom stereocenters. The van der Waals surface area contributed by atoms with Gasteiger partial charge in [0.25, 0.3) is 0 Å². The van der Waals surface area contributed by atoms with Crippen molar-refractivity contribution in [2.75, 3.05) is 49.4 Å². The van der Waals surface area contributed by atoms with Crippen molar-refractivity contribution in [1.29, 1.82) is 0 Å². The lowest BCUT2D eigenvalue weighted by molar-refractivity contribution is 0.122. The third-order valence-electron chi connectivity index (χ3n) is 4.19. The molecule has 1 fully saturated rings. The number of methoxy groups -OCH3 is 1. The van der Waals surface area contributed by atoms with Gasteiger partial charge in [-0.15, -0.1) is 0 Å². The van der Waals surface area contributed by atoms with E-state index in [0.717, 1.165) is 29.8 Å². The summed E-state index contributed by atoms with van der Waals surface area (Å²) in [6.45, 7) is 3.02. The molecule has 0 spiro atoms. The predicted octanol–water partition coefficient (Wildman–Crippen LogP) is 1.59. The molecular formula is C17H19N7O2. The minimum Gasteiger partial charge on any atom is -0.495 e. The van der Waals surface area contributed by atoms with E-state index in [-0.39, 0.29) is 0 Å². The Bertz CT molecular complexity index is 928. The van der Waals surface area contributed by atoms with Crippen molar-refractivity contribution in [3.63, 3.8) is 0 Å². The monoisotopic (exact) mass is 353 g/mol. The van der Waals surface area contributed by atoms with Gasteiger partial charge in [0.05, 0.1) is 31.5 Å². The highest BCUT2D eigenvalue weighted by molar-refractivity contribution is 5.94. The van der Waals surface area contributed by atoms with Gasteiger partial charge in [0, 0.05) is 30.7 Å². The van der Waals surface area contributed by atoms with E-state index in [4.69, 9.17) is 15.2 Å². The Labute approximate surface area is 150 Å². The molecule has 1 saturated heterocycles. The largest absolute Gasteiger partial charge is 0.495 e. The lowest BCUT2D eigenvalue weighted by Gasteiger charge is -2.27. The zero-order valence-electron chi connectivity index (χ0n) is 14.3. The van der Waals surface area contributed by atoms with E-state index < -0.39 is 0 Å². The molecule has 0 radical (unpaired) electrons. The summed E-state index contributed by atoms with van der Waals surface area (Å²) in [6.07, 6.45) is 3.20. The number of anilines is 4. The van der Waals surface area contributed by atoms with Crippen LogP contribution in [-0.4, -0.2) is 53.3 Å². The lowest BCUT2D eigenvalue weighted by Crippen LogP contribution is -2.36. The maximum Gasteiger partial charge on any atom is 0.230 e. The number of nitrogens with zero attached hydrogens (tertiary/aromatic N) is 5. The third-order valence-corrected chi connectivity index (χ3v) is 4.19. The van der Waals surface area contributed by atoms with E-state index in [2.05, 4.69) is 30.2 Å². The van der Waals surface area contributed by atoms with Gasteiger partial charge in [-0.05, 0) is 12.1 Å². The van der Waals surface area contributed by atoms with Gasteiger partial charge in [0.1, 0.15) is 23.7 Å². The summed E-state index contributed by atoms with van der Waals surface area (Å²) in [5.41, 5.74) is 7.26. The number of morpholine rings is 1. The van der Waals surface area contributed by atoms with Crippen LogP contribution in [0.25, 0.3) is 10.9 Å². The van der Waals surface area contributed by atoms with E-state index in [1.54, 1.807) is 25.4 Å². The molecule has 1 aliphatic heterocycles. The molecule has 26 heavy (non-hydrogen) atoms. The topological polar surface area (TPSA) is 111 Å². The first kappa shape index (κ1) is 16.3. The van der Waals surface area contributed by atoms with Crippen LogP contribution in [0.2, 0.25) is 0 Å². The Balaban J connectivity index is 1.66. The Hall–Kier alpha value is -3.20. The van der Waals surface area contributed by atoms with Gasteiger partial charge in [-0.1, -0.05) is 0 Å². The molecule has 0 saturated carbocycles. The molecule has 9 heteroatoms. The Morgan fingerprint density at radius 3 is 2.85 bits per heavy atom. The second-order valence-corrected chi connectivity index (χ2v) is 5.80. The summed E-state index contributed by atoms with van der Waals surface area (Å²) in [5, 5.41) is 3.93. The van der Waals surface area contributed by atoms with Gasteiger partial charge in [0.15, 0.2) is 0 Å². The normalized spacial score (nSPS) is 14.4. The van der Waals surface area contributed by atoms with E-state index in [9.17, 15) is 0 Å². The minimum atomic E-state index is 0.461. The molecule has 3 aromatic rings. The zero-order chi connectivity index (χ0) is 17.9. The number of rotatable bonds is 4. The van der Waals surface area contributed by atoms with Crippen LogP contribution in [0.4, 0.5) is 23.3 Å². The summed E-state index contributed by atoms with van der Waals surface area (Å²) in [6, 6.07) is 5.45. The van der Waals surface area contributed by atoms with Crippen molar-refractivity contribution >= 4 is 34.2 Å². The summed E-state index contributed by atoms with van der Waals surface area (Å²) in [5.74, 6) is 2.48. The molecule has 134 valence electrons. The smallest absolute Gasteiger partial charge is 0.230 e. The van der Waals surface area contributed by atoms with E-state index >= 15 is 0 Å². The average molecular weight is 353 g/mol. The third kappa shape index (κ3) is 3.16. The van der Waals surface area contributed by atoms with Crippen LogP contribution in [0.5, 0.6) is 5.75 Å². The maximum absolute atomic E-state index is 6.02. The van der Waals surface area contributed by atoms with Crippen molar-refractivity contribution in [2.24, 2.45) is 0 Å². The molecule has 2 aromatic heterocycles. The van der Waals surface area contributed by atoms with Crippen LogP contribution in [0.3, 0.4) is 0 Å². The first-order valence-electron chi connectivity index (χ1n) is 8.25. The number of aromatic nitrogens is 4. The van der Waals surface area contributed by atoms with Crippen LogP contribution in [0.1, 0.15) is 0 Å². The average Bonchev–Trinajstić information content (AvgIpc) is 2.69. The first-order valence-corrected chi connectivity index (χ1v) is 8.25. The number of benzene rings is 1. The summed E-state index contributed by atoms with van der Waals surface area (Å²) in [7, 11) is 1.57. The van der Waals surface area contributed by atoms with Gasteiger partial charge in [0.2, 0.25) is 5.95 Å². The van der Waals surface area contributed by atoms with Gasteiger partial charge in [-0.3, -0.25) is 0 Å². The van der Waals surface area contributed by atoms with E-state index in [0.29, 0.717) is 36.4 Å². The van der Waals surface area contributed by atoms with Crippen LogP contribution in [0, 0.1) is 0 Å². The van der Waals surface area contributed by atoms with E-state index in [1.165, 1.54) is 6.33 Å². The molecule has 3 N–H and O–H groups in total. The summed E-state index contributed by atoms with van der Waals surface area (Å²) < 4.78 is 10.6. The molecule has 1 aliphatic rings. The highest BCUT2D eigenvalue weighted by atomic mass is 16.5. The molecule has 3 heterocycles. The van der Waals surface area contributed by atoms with E-state index in [1.807, 2.05) is 6.07 Å². The molecule has 4 rings (SSSR count). The number of hydrogen-bond acceptors (Lipinski definition) is 9. The summed E-state index contributed by atoms with van der Waals surface area (Å²) in [4.78, 5) is 19.6. The van der Waals surface area contributed by atoms with Crippen LogP contribution in [-0.2, 0) is 4.74 Å². The first-order chi connectivity index (χ1) is 12.7. The minimum absolute atomic E-state index is 0.461. The SMILES string of the molecule is COc1cc2ncnc(Nc3nccc(N4CCOCC4)n3)c2cc1N. The molecule has 0 bridgehead atoms. The maximum atomic E-state index is 6.02. The van der Waals surface area contributed by atoms with Crippen LogP contribution >= 0.6 is 0 Å². The fourth-order valence-corrected chi connectivity index (χ4v) is 2.86. The standard InChI is InChI=1S/C17H19N7O2/c1-25-14-9-13-11(8-12(14)18)16(21-10-20-13)23-17-19-3-2-15(22-17)24-4-6-26-7-5-24/h2-3,8-10H,4-7,18H2,1H3,(H,19,20,21,22,23). The molecule has 0 aliphatic carbocycles. The number of fused-ring (bicyclic) bond motifs is 1. The predicted molar refractivity (Wildman–Crippen MR) is 98.8 cm³/mol. The Kier molecular flexibility index (Phi) is 4.36. The van der Waals surface area contributed by atoms with Gasteiger partial charge in [-0.2, -0.15) is 4.98 Å². The lowest BCUT2D eigenvalue weighted by atomic mass is 10.2. The second-order valence-electron chi connectivity index (χ2n) is 5.80. The van der Waals surface area contributed by atoms with Gasteiger partial charge >= 0.3 is 0 Å². The Morgan fingerprint density at radius 1 is 1.19 bits per heavy atom. The second kappa shape index (κ2) is 6.96. The van der Waals surface area contributed by atoms with Gasteiger partial charge in [-0.25, -0.2) is 15.0 Å². The highest BCUT2D eigenvalue weighted by Gasteiger charge is 2.14. The van der Waals surface area contributed by atoms with Crippen molar-refractivity contribution in [3.05, 3.63) is 30.7 Å². The van der Waals surface area contributed by atoms with Crippen molar-refractivity contribution in [3.8, 4) is 5.75 Å². The van der Waals surface area contributed by atoms with Gasteiger partial charge < -0.3 is 25.4 Å². The number of nitrogens with one attached hydrogen (secondary N) is 1. The number of hydrogen-bond donors (Lipinski definition) is 2.